The zero-order chi connectivity index (χ0) is 20.1. The summed E-state index contributed by atoms with van der Waals surface area (Å²) in [7, 11) is 2.70. The monoisotopic (exact) mass is 380 g/mol. The van der Waals surface area contributed by atoms with Crippen LogP contribution in [0.5, 0.6) is 5.75 Å². The summed E-state index contributed by atoms with van der Waals surface area (Å²) in [6.45, 7) is 0. The number of aromatic hydroxyl groups is 1. The molecular formula is C21H20N2O5. The van der Waals surface area contributed by atoms with E-state index in [1.54, 1.807) is 36.4 Å². The number of benzene rings is 2. The van der Waals surface area contributed by atoms with Gasteiger partial charge < -0.3 is 9.84 Å². The van der Waals surface area contributed by atoms with E-state index in [9.17, 15) is 19.5 Å². The van der Waals surface area contributed by atoms with Gasteiger partial charge in [0.05, 0.1) is 18.9 Å². The number of methoxy groups -OCH3 is 1. The zero-order valence-electron chi connectivity index (χ0n) is 15.5. The second-order valence-corrected chi connectivity index (χ2v) is 7.12. The number of phenolic OH excluding ortho intramolecular Hbond substituents is 1. The van der Waals surface area contributed by atoms with Gasteiger partial charge in [-0.15, -0.1) is 0 Å². The minimum atomic E-state index is -1.49. The molecule has 2 aliphatic heterocycles. The molecule has 2 N–H and O–H groups in total. The summed E-state index contributed by atoms with van der Waals surface area (Å²) in [4.78, 5) is 40.1. The van der Waals surface area contributed by atoms with E-state index in [1.165, 1.54) is 26.3 Å². The largest absolute Gasteiger partial charge is 0.508 e. The van der Waals surface area contributed by atoms with Crippen molar-refractivity contribution < 1.29 is 24.2 Å². The number of hydrogen-bond acceptors (Lipinski definition) is 6. The van der Waals surface area contributed by atoms with Gasteiger partial charge >= 0.3 is 5.97 Å². The van der Waals surface area contributed by atoms with Gasteiger partial charge in [-0.1, -0.05) is 42.5 Å². The summed E-state index contributed by atoms with van der Waals surface area (Å²) in [6.07, 6.45) is 0. The number of nitrogens with zero attached hydrogens (tertiary/aromatic N) is 1. The third-order valence-electron chi connectivity index (χ3n) is 5.77. The Kier molecular flexibility index (Phi) is 4.19. The first-order valence-electron chi connectivity index (χ1n) is 8.93. The molecule has 7 nitrogen and oxygen atoms in total. The maximum Gasteiger partial charge on any atom is 0.331 e. The molecular weight excluding hydrogens is 360 g/mol. The van der Waals surface area contributed by atoms with Crippen molar-refractivity contribution >= 4 is 17.8 Å². The lowest BCUT2D eigenvalue weighted by Crippen LogP contribution is -2.53. The fraction of sp³-hybridized carbons (Fsp3) is 0.286. The molecule has 0 radical (unpaired) electrons. The Hall–Kier alpha value is -3.19. The Labute approximate surface area is 161 Å². The molecule has 2 fully saturated rings. The molecule has 28 heavy (non-hydrogen) atoms. The number of carbonyl (C=O) groups is 3. The molecule has 0 saturated carbocycles. The van der Waals surface area contributed by atoms with E-state index in [0.717, 1.165) is 4.90 Å². The predicted molar refractivity (Wildman–Crippen MR) is 98.9 cm³/mol. The molecule has 4 atom stereocenters. The van der Waals surface area contributed by atoms with Crippen LogP contribution in [0, 0.1) is 11.8 Å². The number of likely N-dealkylation sites (tertiary alicyclic amines) is 1. The molecule has 2 heterocycles. The second kappa shape index (κ2) is 6.45. The minimum Gasteiger partial charge on any atom is -0.508 e. The molecule has 0 aromatic heterocycles. The molecule has 2 amide bonds. The third kappa shape index (κ3) is 2.36. The number of esters is 1. The molecule has 0 unspecified atom stereocenters. The van der Waals surface area contributed by atoms with Gasteiger partial charge in [-0.05, 0) is 23.3 Å². The lowest BCUT2D eigenvalue weighted by atomic mass is 9.75. The highest BCUT2D eigenvalue weighted by atomic mass is 16.5. The van der Waals surface area contributed by atoms with E-state index in [0.29, 0.717) is 11.1 Å². The van der Waals surface area contributed by atoms with E-state index in [2.05, 4.69) is 5.32 Å². The first kappa shape index (κ1) is 18.2. The van der Waals surface area contributed by atoms with Crippen LogP contribution in [-0.4, -0.2) is 41.9 Å². The summed E-state index contributed by atoms with van der Waals surface area (Å²) in [5.74, 6) is -2.99. The van der Waals surface area contributed by atoms with E-state index < -0.39 is 35.3 Å². The van der Waals surface area contributed by atoms with Gasteiger partial charge in [-0.2, -0.15) is 0 Å². The van der Waals surface area contributed by atoms with Gasteiger partial charge in [-0.3, -0.25) is 19.8 Å². The Morgan fingerprint density at radius 2 is 1.71 bits per heavy atom. The highest BCUT2D eigenvalue weighted by Gasteiger charge is 2.68. The molecule has 7 heteroatoms. The number of imide groups is 1. The van der Waals surface area contributed by atoms with Crippen LogP contribution in [-0.2, 0) is 24.7 Å². The number of carbonyl (C=O) groups excluding carboxylic acids is 3. The van der Waals surface area contributed by atoms with Gasteiger partial charge in [0, 0.05) is 13.1 Å². The maximum absolute atomic E-state index is 13.1. The Morgan fingerprint density at radius 1 is 1.07 bits per heavy atom. The van der Waals surface area contributed by atoms with E-state index >= 15 is 0 Å². The van der Waals surface area contributed by atoms with Gasteiger partial charge in [0.15, 0.2) is 5.54 Å². The standard InChI is InChI=1S/C21H20N2O5/c1-23-18(25)15-16(19(23)26)21(20(27)28-2,13-6-4-3-5-7-13)22-17(15)12-8-10-14(24)11-9-12/h3-11,15-17,22,24H,1-2H3/t15-,16-,17-,21-/m1/s1. The van der Waals surface area contributed by atoms with E-state index in [1.807, 2.05) is 6.07 Å². The van der Waals surface area contributed by atoms with Crippen LogP contribution in [0.2, 0.25) is 0 Å². The number of ether oxygens (including phenoxy) is 1. The molecule has 0 spiro atoms. The quantitative estimate of drug-likeness (QED) is 0.616. The normalized spacial score (nSPS) is 29.1. The summed E-state index contributed by atoms with van der Waals surface area (Å²) in [6, 6.07) is 14.6. The molecule has 2 aromatic rings. The van der Waals surface area contributed by atoms with Crippen LogP contribution in [0.25, 0.3) is 0 Å². The number of amides is 2. The fourth-order valence-corrected chi connectivity index (χ4v) is 4.45. The highest BCUT2D eigenvalue weighted by molar-refractivity contribution is 6.09. The Bertz CT molecular complexity index is 943. The minimum absolute atomic E-state index is 0.0894. The number of nitrogens with one attached hydrogen (secondary N) is 1. The van der Waals surface area contributed by atoms with Crippen LogP contribution in [0.4, 0.5) is 0 Å². The third-order valence-corrected chi connectivity index (χ3v) is 5.77. The number of fused-ring (bicyclic) bond motifs is 1. The van der Waals surface area contributed by atoms with Gasteiger partial charge in [0.25, 0.3) is 0 Å². The van der Waals surface area contributed by atoms with Crippen molar-refractivity contribution in [3.63, 3.8) is 0 Å². The molecule has 0 bridgehead atoms. The van der Waals surface area contributed by atoms with Crippen LogP contribution in [0.1, 0.15) is 17.2 Å². The van der Waals surface area contributed by atoms with Crippen molar-refractivity contribution in [3.8, 4) is 5.75 Å². The smallest absolute Gasteiger partial charge is 0.331 e. The zero-order valence-corrected chi connectivity index (χ0v) is 15.5. The van der Waals surface area contributed by atoms with Gasteiger partial charge in [0.1, 0.15) is 5.75 Å². The molecule has 2 saturated heterocycles. The van der Waals surface area contributed by atoms with Crippen LogP contribution >= 0.6 is 0 Å². The van der Waals surface area contributed by atoms with Crippen molar-refractivity contribution in [1.29, 1.82) is 0 Å². The Morgan fingerprint density at radius 3 is 2.32 bits per heavy atom. The van der Waals surface area contributed by atoms with Crippen LogP contribution in [0.3, 0.4) is 0 Å². The lowest BCUT2D eigenvalue weighted by Gasteiger charge is -2.32. The Balaban J connectivity index is 1.94. The molecule has 144 valence electrons. The number of hydrogen-bond donors (Lipinski definition) is 2. The summed E-state index contributed by atoms with van der Waals surface area (Å²) in [5.41, 5.74) is -0.221. The number of rotatable bonds is 3. The van der Waals surface area contributed by atoms with Gasteiger partial charge in [-0.25, -0.2) is 4.79 Å². The van der Waals surface area contributed by atoms with Crippen LogP contribution < -0.4 is 5.32 Å². The topological polar surface area (TPSA) is 95.9 Å². The molecule has 4 rings (SSSR count). The summed E-state index contributed by atoms with van der Waals surface area (Å²) >= 11 is 0. The first-order valence-corrected chi connectivity index (χ1v) is 8.93. The molecule has 0 aliphatic carbocycles. The average molecular weight is 380 g/mol. The van der Waals surface area contributed by atoms with Crippen molar-refractivity contribution in [3.05, 3.63) is 65.7 Å². The number of phenols is 1. The maximum atomic E-state index is 13.1. The SMILES string of the molecule is COC(=O)[C@]1(c2ccccc2)N[C@H](c2ccc(O)cc2)[C@@H]2C(=O)N(C)C(=O)[C@@H]21. The van der Waals surface area contributed by atoms with Crippen molar-refractivity contribution in [2.24, 2.45) is 11.8 Å². The van der Waals surface area contributed by atoms with Gasteiger partial charge in [0.2, 0.25) is 11.8 Å². The van der Waals surface area contributed by atoms with Crippen molar-refractivity contribution in [2.75, 3.05) is 14.2 Å². The first-order chi connectivity index (χ1) is 13.4. The van der Waals surface area contributed by atoms with Crippen molar-refractivity contribution in [1.82, 2.24) is 10.2 Å². The lowest BCUT2D eigenvalue weighted by molar-refractivity contribution is -0.154. The summed E-state index contributed by atoms with van der Waals surface area (Å²) in [5, 5.41) is 12.9. The van der Waals surface area contributed by atoms with Crippen LogP contribution in [0.15, 0.2) is 54.6 Å². The summed E-state index contributed by atoms with van der Waals surface area (Å²) < 4.78 is 5.10. The van der Waals surface area contributed by atoms with Crippen molar-refractivity contribution in [2.45, 2.75) is 11.6 Å². The molecule has 2 aromatic carbocycles. The predicted octanol–water partition coefficient (Wildman–Crippen LogP) is 1.34. The van der Waals surface area contributed by atoms with E-state index in [4.69, 9.17) is 4.74 Å². The fourth-order valence-electron chi connectivity index (χ4n) is 4.45. The van der Waals surface area contributed by atoms with E-state index in [-0.39, 0.29) is 11.7 Å². The molecule has 2 aliphatic rings. The average Bonchev–Trinajstić information content (AvgIpc) is 3.19. The second-order valence-electron chi connectivity index (χ2n) is 7.12. The highest BCUT2D eigenvalue weighted by Crippen LogP contribution is 2.53.